The van der Waals surface area contributed by atoms with Crippen LogP contribution in [0, 0.1) is 0 Å². The zero-order valence-electron chi connectivity index (χ0n) is 14.7. The molecular weight excluding hydrogens is 349 g/mol. The number of rotatable bonds is 6. The second kappa shape index (κ2) is 8.70. The first kappa shape index (κ1) is 20.7. The van der Waals surface area contributed by atoms with Crippen molar-refractivity contribution in [2.75, 3.05) is 20.1 Å². The molecule has 1 rings (SSSR count). The SMILES string of the molecule is CC(NC(=O)CN(C)CC(=O)NC(C)(C)C)c1ccc(Cl)cc1Cl. The Labute approximate surface area is 153 Å². The summed E-state index contributed by atoms with van der Waals surface area (Å²) in [5.41, 5.74) is 0.502. The highest BCUT2D eigenvalue weighted by Gasteiger charge is 2.18. The van der Waals surface area contributed by atoms with E-state index in [9.17, 15) is 9.59 Å². The maximum Gasteiger partial charge on any atom is 0.234 e. The van der Waals surface area contributed by atoms with E-state index in [0.29, 0.717) is 10.0 Å². The lowest BCUT2D eigenvalue weighted by molar-refractivity contribution is -0.125. The summed E-state index contributed by atoms with van der Waals surface area (Å²) in [5.74, 6) is -0.300. The minimum atomic E-state index is -0.292. The summed E-state index contributed by atoms with van der Waals surface area (Å²) in [6, 6.07) is 4.91. The molecule has 1 aromatic carbocycles. The number of carbonyl (C=O) groups is 2. The minimum Gasteiger partial charge on any atom is -0.350 e. The third kappa shape index (κ3) is 7.51. The van der Waals surface area contributed by atoms with Crippen molar-refractivity contribution in [3.8, 4) is 0 Å². The van der Waals surface area contributed by atoms with Gasteiger partial charge in [0.05, 0.1) is 19.1 Å². The number of nitrogens with one attached hydrogen (secondary N) is 2. The molecule has 0 radical (unpaired) electrons. The normalized spacial score (nSPS) is 12.8. The van der Waals surface area contributed by atoms with Crippen LogP contribution in [0.25, 0.3) is 0 Å². The molecule has 1 unspecified atom stereocenters. The minimum absolute atomic E-state index is 0.118. The van der Waals surface area contributed by atoms with Crippen LogP contribution in [0.4, 0.5) is 0 Å². The number of likely N-dealkylation sites (N-methyl/N-ethyl adjacent to an activating group) is 1. The van der Waals surface area contributed by atoms with E-state index in [0.717, 1.165) is 5.56 Å². The first-order valence-corrected chi connectivity index (χ1v) is 8.47. The molecule has 1 atom stereocenters. The van der Waals surface area contributed by atoms with E-state index < -0.39 is 0 Å². The number of nitrogens with zero attached hydrogens (tertiary/aromatic N) is 1. The lowest BCUT2D eigenvalue weighted by Crippen LogP contribution is -2.47. The van der Waals surface area contributed by atoms with Crippen molar-refractivity contribution in [3.63, 3.8) is 0 Å². The Morgan fingerprint density at radius 1 is 1.17 bits per heavy atom. The molecule has 0 saturated carbocycles. The number of benzene rings is 1. The quantitative estimate of drug-likeness (QED) is 0.805. The first-order chi connectivity index (χ1) is 11.0. The zero-order valence-corrected chi connectivity index (χ0v) is 16.3. The fraction of sp³-hybridized carbons (Fsp3) is 0.529. The fourth-order valence-electron chi connectivity index (χ4n) is 2.22. The maximum absolute atomic E-state index is 12.1. The second-order valence-corrected chi connectivity index (χ2v) is 7.77. The van der Waals surface area contributed by atoms with Gasteiger partial charge in [-0.15, -0.1) is 0 Å². The van der Waals surface area contributed by atoms with E-state index in [1.807, 2.05) is 27.7 Å². The highest BCUT2D eigenvalue weighted by molar-refractivity contribution is 6.35. The van der Waals surface area contributed by atoms with Crippen LogP contribution >= 0.6 is 23.2 Å². The topological polar surface area (TPSA) is 61.4 Å². The van der Waals surface area contributed by atoms with E-state index >= 15 is 0 Å². The van der Waals surface area contributed by atoms with E-state index in [2.05, 4.69) is 10.6 Å². The Morgan fingerprint density at radius 3 is 2.29 bits per heavy atom. The van der Waals surface area contributed by atoms with Gasteiger partial charge in [-0.05, 0) is 52.4 Å². The number of amides is 2. The Bertz CT molecular complexity index is 600. The van der Waals surface area contributed by atoms with Gasteiger partial charge < -0.3 is 10.6 Å². The number of hydrogen-bond acceptors (Lipinski definition) is 3. The Kier molecular flexibility index (Phi) is 7.52. The molecule has 2 amide bonds. The highest BCUT2D eigenvalue weighted by atomic mass is 35.5. The second-order valence-electron chi connectivity index (χ2n) is 6.93. The molecule has 0 aliphatic heterocycles. The van der Waals surface area contributed by atoms with Crippen molar-refractivity contribution >= 4 is 35.0 Å². The van der Waals surface area contributed by atoms with Gasteiger partial charge >= 0.3 is 0 Å². The van der Waals surface area contributed by atoms with Crippen LogP contribution in [0.15, 0.2) is 18.2 Å². The van der Waals surface area contributed by atoms with Crippen LogP contribution in [0.5, 0.6) is 0 Å². The summed E-state index contributed by atoms with van der Waals surface area (Å²) in [5, 5.41) is 6.79. The lowest BCUT2D eigenvalue weighted by Gasteiger charge is -2.23. The summed E-state index contributed by atoms with van der Waals surface area (Å²) in [7, 11) is 1.72. The molecule has 134 valence electrons. The predicted octanol–water partition coefficient (Wildman–Crippen LogP) is 3.02. The third-order valence-corrected chi connectivity index (χ3v) is 3.71. The summed E-state index contributed by atoms with van der Waals surface area (Å²) < 4.78 is 0. The van der Waals surface area contributed by atoms with Gasteiger partial charge in [0.25, 0.3) is 0 Å². The molecule has 0 aliphatic carbocycles. The van der Waals surface area contributed by atoms with Crippen molar-refractivity contribution in [2.45, 2.75) is 39.3 Å². The van der Waals surface area contributed by atoms with E-state index in [4.69, 9.17) is 23.2 Å². The molecule has 1 aromatic rings. The van der Waals surface area contributed by atoms with Gasteiger partial charge in [-0.2, -0.15) is 0 Å². The van der Waals surface area contributed by atoms with Gasteiger partial charge in [-0.25, -0.2) is 0 Å². The average molecular weight is 374 g/mol. The molecule has 0 bridgehead atoms. The predicted molar refractivity (Wildman–Crippen MR) is 98.4 cm³/mol. The monoisotopic (exact) mass is 373 g/mol. The van der Waals surface area contributed by atoms with Crippen molar-refractivity contribution in [1.29, 1.82) is 0 Å². The van der Waals surface area contributed by atoms with Gasteiger partial charge in [0, 0.05) is 15.6 Å². The van der Waals surface area contributed by atoms with Crippen LogP contribution in [0.3, 0.4) is 0 Å². The molecule has 0 fully saturated rings. The largest absolute Gasteiger partial charge is 0.350 e. The molecule has 0 saturated heterocycles. The van der Waals surface area contributed by atoms with Gasteiger partial charge in [0.1, 0.15) is 0 Å². The Morgan fingerprint density at radius 2 is 1.75 bits per heavy atom. The molecular formula is C17H25Cl2N3O2. The number of halogens is 2. The van der Waals surface area contributed by atoms with Crippen LogP contribution in [0.2, 0.25) is 10.0 Å². The fourth-order valence-corrected chi connectivity index (χ4v) is 2.79. The summed E-state index contributed by atoms with van der Waals surface area (Å²) in [6.07, 6.45) is 0. The average Bonchev–Trinajstić information content (AvgIpc) is 2.34. The molecule has 0 aromatic heterocycles. The molecule has 24 heavy (non-hydrogen) atoms. The standard InChI is InChI=1S/C17H25Cl2N3O2/c1-11(13-7-6-12(18)8-14(13)19)20-15(23)9-22(5)10-16(24)21-17(2,3)4/h6-8,11H,9-10H2,1-5H3,(H,20,23)(H,21,24). The molecule has 0 spiro atoms. The van der Waals surface area contributed by atoms with Crippen LogP contribution in [-0.2, 0) is 9.59 Å². The van der Waals surface area contributed by atoms with Crippen molar-refractivity contribution in [2.24, 2.45) is 0 Å². The zero-order chi connectivity index (χ0) is 18.5. The molecule has 0 heterocycles. The van der Waals surface area contributed by atoms with E-state index in [-0.39, 0.29) is 36.5 Å². The highest BCUT2D eigenvalue weighted by Crippen LogP contribution is 2.25. The Balaban J connectivity index is 2.51. The first-order valence-electron chi connectivity index (χ1n) is 7.72. The number of carbonyl (C=O) groups excluding carboxylic acids is 2. The van der Waals surface area contributed by atoms with E-state index in [1.54, 1.807) is 30.1 Å². The van der Waals surface area contributed by atoms with Gasteiger partial charge in [0.15, 0.2) is 0 Å². The number of hydrogen-bond donors (Lipinski definition) is 2. The molecule has 5 nitrogen and oxygen atoms in total. The molecule has 2 N–H and O–H groups in total. The maximum atomic E-state index is 12.1. The van der Waals surface area contributed by atoms with Crippen molar-refractivity contribution < 1.29 is 9.59 Å². The van der Waals surface area contributed by atoms with Gasteiger partial charge in [-0.1, -0.05) is 29.3 Å². The smallest absolute Gasteiger partial charge is 0.234 e. The van der Waals surface area contributed by atoms with E-state index in [1.165, 1.54) is 0 Å². The van der Waals surface area contributed by atoms with Gasteiger partial charge in [0.2, 0.25) is 11.8 Å². The summed E-state index contributed by atoms with van der Waals surface area (Å²) >= 11 is 12.0. The van der Waals surface area contributed by atoms with Crippen molar-refractivity contribution in [1.82, 2.24) is 15.5 Å². The Hall–Kier alpha value is -1.30. The van der Waals surface area contributed by atoms with Crippen LogP contribution in [0.1, 0.15) is 39.3 Å². The molecule has 7 heteroatoms. The van der Waals surface area contributed by atoms with Crippen LogP contribution in [-0.4, -0.2) is 42.4 Å². The van der Waals surface area contributed by atoms with Crippen LogP contribution < -0.4 is 10.6 Å². The summed E-state index contributed by atoms with van der Waals surface area (Å²) in [6.45, 7) is 7.85. The third-order valence-electron chi connectivity index (χ3n) is 3.15. The molecule has 0 aliphatic rings. The van der Waals surface area contributed by atoms with Crippen molar-refractivity contribution in [3.05, 3.63) is 33.8 Å². The summed E-state index contributed by atoms with van der Waals surface area (Å²) in [4.78, 5) is 25.6. The van der Waals surface area contributed by atoms with Gasteiger partial charge in [-0.3, -0.25) is 14.5 Å². The lowest BCUT2D eigenvalue weighted by atomic mass is 10.1.